The van der Waals surface area contributed by atoms with Gasteiger partial charge in [-0.25, -0.2) is 9.59 Å². The van der Waals surface area contributed by atoms with Gasteiger partial charge in [-0.2, -0.15) is 0 Å². The van der Waals surface area contributed by atoms with Crippen LogP contribution in [0.1, 0.15) is 125 Å². The maximum absolute atomic E-state index is 14.9. The van der Waals surface area contributed by atoms with Crippen LogP contribution in [-0.4, -0.2) is 227 Å². The minimum atomic E-state index is -1.26. The van der Waals surface area contributed by atoms with Crippen molar-refractivity contribution in [2.45, 2.75) is 191 Å². The third-order valence-corrected chi connectivity index (χ3v) is 23.3. The molecule has 1 saturated heterocycles. The number of nitrogens with one attached hydrogen (secondary N) is 6. The second kappa shape index (κ2) is 44.5. The van der Waals surface area contributed by atoms with Crippen molar-refractivity contribution in [3.63, 3.8) is 0 Å². The molecule has 0 spiro atoms. The number of thioether (sulfide) groups is 2. The van der Waals surface area contributed by atoms with Crippen molar-refractivity contribution >= 4 is 118 Å². The number of nitrogens with zero attached hydrogens (tertiary/aromatic N) is 5. The van der Waals surface area contributed by atoms with Crippen LogP contribution in [0.15, 0.2) is 147 Å². The standard InChI is InChI=1S/C83H112N12O17S3/c1-15-51(8)72(62(109-13)41-66(97)93-40-26-34-61(93)74(110-14)52(9)75(101)86-53(10)73(100)55-27-19-16-20-28-55)91(11)80(106)70(49(4)5)90-78(104)71(50(6)7)92(12)83(108)112-46-54-35-37-56(38-36-54)87-76(102)60(33-25-39-85-82(84)107)88-77(103)69(48(2)3)89-65(96)47-111-57(44-94-67(98)42-63(79(94)105)114-58-29-21-17-22-30-58)45-95-68(99)43-64(81(95)113)115-59-31-23-18-24-32-59/h16-24,27-32,35-38,42-43,48-53,57,60-62,69-74,100H,15,25-26,33-34,39-41,44-47H2,1-14H3,(H,86,101)(H,87,102)(H,88,103)(H,89,96)(H,90,104)(H3,84,85,107)/t51?,52-,53-,57?,60+,61+,62?,69+,70+,71+,72+,73-,74-/m1/s1. The Balaban J connectivity index is 0.948. The molecule has 9 N–H and O–H groups in total. The summed E-state index contributed by atoms with van der Waals surface area (Å²) in [5.41, 5.74) is 6.74. The van der Waals surface area contributed by atoms with Crippen molar-refractivity contribution in [3.05, 3.63) is 148 Å². The number of amides is 13. The van der Waals surface area contributed by atoms with Gasteiger partial charge in [0.05, 0.1) is 77.8 Å². The second-order valence-corrected chi connectivity index (χ2v) is 32.7. The van der Waals surface area contributed by atoms with Crippen LogP contribution in [0.3, 0.4) is 0 Å². The summed E-state index contributed by atoms with van der Waals surface area (Å²) >= 11 is 8.14. The van der Waals surface area contributed by atoms with E-state index in [-0.39, 0.29) is 78.8 Å². The molecule has 3 heterocycles. The first-order valence-corrected chi connectivity index (χ1v) is 40.8. The number of hydrogen-bond acceptors (Lipinski definition) is 20. The Morgan fingerprint density at radius 2 is 1.25 bits per heavy atom. The molecule has 3 aliphatic heterocycles. The summed E-state index contributed by atoms with van der Waals surface area (Å²) in [5.74, 6) is -7.98. The minimum absolute atomic E-state index is 0.0140. The lowest BCUT2D eigenvalue weighted by atomic mass is 9.89. The fourth-order valence-electron chi connectivity index (χ4n) is 14.1. The number of benzene rings is 4. The average molecular weight is 1650 g/mol. The number of imide groups is 1. The number of aliphatic hydroxyl groups excluding tert-OH is 1. The van der Waals surface area contributed by atoms with Gasteiger partial charge in [-0.05, 0) is 104 Å². The highest BCUT2D eigenvalue weighted by Gasteiger charge is 2.45. The molecule has 13 amide bonds. The molecule has 4 aromatic carbocycles. The number of ether oxygens (including phenoxy) is 4. The Morgan fingerprint density at radius 3 is 1.83 bits per heavy atom. The molecule has 0 aromatic heterocycles. The van der Waals surface area contributed by atoms with Crippen molar-refractivity contribution in [3.8, 4) is 0 Å². The van der Waals surface area contributed by atoms with E-state index in [4.69, 9.17) is 36.9 Å². The third-order valence-electron chi connectivity index (χ3n) is 20.6. The Kier molecular flexibility index (Phi) is 35.8. The molecule has 29 nitrogen and oxygen atoms in total. The summed E-state index contributed by atoms with van der Waals surface area (Å²) in [6, 6.07) is 26.3. The van der Waals surface area contributed by atoms with Crippen molar-refractivity contribution in [1.29, 1.82) is 0 Å². The van der Waals surface area contributed by atoms with E-state index in [1.807, 2.05) is 68.4 Å². The van der Waals surface area contributed by atoms with Gasteiger partial charge in [0.15, 0.2) is 0 Å². The molecular weight excluding hydrogens is 1530 g/mol. The number of carbonyl (C=O) groups is 12. The van der Waals surface area contributed by atoms with Crippen LogP contribution in [0.25, 0.3) is 0 Å². The van der Waals surface area contributed by atoms with Crippen LogP contribution in [0.2, 0.25) is 0 Å². The highest BCUT2D eigenvalue weighted by Crippen LogP contribution is 2.36. The lowest BCUT2D eigenvalue weighted by Gasteiger charge is -2.41. The molecule has 4 aromatic rings. The van der Waals surface area contributed by atoms with Crippen LogP contribution >= 0.6 is 35.7 Å². The molecule has 32 heteroatoms. The van der Waals surface area contributed by atoms with E-state index in [1.54, 1.807) is 128 Å². The first-order chi connectivity index (χ1) is 54.7. The van der Waals surface area contributed by atoms with Gasteiger partial charge in [0.25, 0.3) is 17.7 Å². The zero-order chi connectivity index (χ0) is 84.5. The van der Waals surface area contributed by atoms with Gasteiger partial charge in [0, 0.05) is 69.0 Å². The number of primary amides is 1. The number of methoxy groups -OCH3 is 2. The van der Waals surface area contributed by atoms with E-state index >= 15 is 0 Å². The quantitative estimate of drug-likeness (QED) is 0.0119. The first-order valence-electron chi connectivity index (χ1n) is 38.8. The normalized spacial score (nSPS) is 17.4. The fourth-order valence-corrected chi connectivity index (χ4v) is 16.3. The van der Waals surface area contributed by atoms with E-state index in [1.165, 1.54) is 55.0 Å². The van der Waals surface area contributed by atoms with E-state index in [0.717, 1.165) is 26.5 Å². The molecule has 7 rings (SSSR count). The predicted molar refractivity (Wildman–Crippen MR) is 441 cm³/mol. The topological polar surface area (TPSA) is 376 Å². The monoisotopic (exact) mass is 1640 g/mol. The SMILES string of the molecule is CCC(C)[C@@H](C(CC(=O)N1CCC[C@H]1[C@H](OC)[C@@H](C)C(=O)N[C@H](C)[C@@H](O)c1ccccc1)OC)N(C)C(=O)[C@@H](NC(=O)[C@H](C(C)C)N(C)C(=O)OCc1ccc(NC(=O)[C@H](CCCNC(N)=O)NC(=O)[C@@H](NC(=O)COC(CN2C(=O)C=C(Sc3ccccc3)C2=O)CN2C(=O)C=C(Sc3ccccc3)C2=S)C(C)C)cc1)C(C)C. The van der Waals surface area contributed by atoms with Crippen LogP contribution in [0.5, 0.6) is 0 Å². The zero-order valence-corrected chi connectivity index (χ0v) is 70.3. The van der Waals surface area contributed by atoms with Crippen LogP contribution in [0, 0.1) is 29.6 Å². The van der Waals surface area contributed by atoms with Crippen LogP contribution in [0.4, 0.5) is 15.3 Å². The number of carbonyl (C=O) groups excluding carboxylic acids is 12. The lowest BCUT2D eigenvalue weighted by Crippen LogP contribution is -2.60. The molecule has 3 aliphatic rings. The molecule has 115 heavy (non-hydrogen) atoms. The Morgan fingerprint density at radius 1 is 0.670 bits per heavy atom. The Labute approximate surface area is 687 Å². The van der Waals surface area contributed by atoms with Gasteiger partial charge in [-0.1, -0.05) is 183 Å². The molecule has 0 bridgehead atoms. The predicted octanol–water partition coefficient (Wildman–Crippen LogP) is 7.87. The smallest absolute Gasteiger partial charge is 0.410 e. The number of anilines is 1. The molecule has 0 saturated carbocycles. The largest absolute Gasteiger partial charge is 0.445 e. The summed E-state index contributed by atoms with van der Waals surface area (Å²) in [6.45, 7) is 16.6. The van der Waals surface area contributed by atoms with Gasteiger partial charge < -0.3 is 71.5 Å². The van der Waals surface area contributed by atoms with E-state index in [0.29, 0.717) is 46.7 Å². The van der Waals surface area contributed by atoms with Gasteiger partial charge in [-0.3, -0.25) is 62.6 Å². The molecule has 1 fully saturated rings. The number of urea groups is 1. The van der Waals surface area contributed by atoms with Gasteiger partial charge in [-0.15, -0.1) is 0 Å². The molecular formula is C83H112N12O17S3. The molecule has 0 radical (unpaired) electrons. The molecule has 624 valence electrons. The average Bonchev–Trinajstić information content (AvgIpc) is 1.77. The summed E-state index contributed by atoms with van der Waals surface area (Å²) in [5, 5.41) is 27.6. The van der Waals surface area contributed by atoms with Gasteiger partial charge in [0.1, 0.15) is 42.4 Å². The zero-order valence-electron chi connectivity index (χ0n) is 67.9. The highest BCUT2D eigenvalue weighted by atomic mass is 32.2. The third kappa shape index (κ3) is 26.0. The second-order valence-electron chi connectivity index (χ2n) is 30.1. The Bertz CT molecular complexity index is 4010. The number of aliphatic hydroxyl groups is 1. The van der Waals surface area contributed by atoms with Gasteiger partial charge in [0.2, 0.25) is 41.4 Å². The maximum Gasteiger partial charge on any atom is 0.410 e. The fraction of sp³-hybridized carbons (Fsp3) is 0.506. The highest BCUT2D eigenvalue weighted by molar-refractivity contribution is 8.05. The summed E-state index contributed by atoms with van der Waals surface area (Å²) in [4.78, 5) is 176. The minimum Gasteiger partial charge on any atom is -0.445 e. The van der Waals surface area contributed by atoms with Crippen molar-refractivity contribution in [2.24, 2.45) is 35.3 Å². The number of likely N-dealkylation sites (tertiary alicyclic amines) is 1. The number of nitrogens with two attached hydrogens (primary N) is 1. The van der Waals surface area contributed by atoms with E-state index in [9.17, 15) is 62.6 Å². The molecule has 3 unspecified atom stereocenters. The van der Waals surface area contributed by atoms with Crippen molar-refractivity contribution in [1.82, 2.24) is 51.1 Å². The van der Waals surface area contributed by atoms with E-state index < -0.39 is 156 Å². The molecule has 0 aliphatic carbocycles. The van der Waals surface area contributed by atoms with E-state index in [2.05, 4.69) is 31.9 Å². The first kappa shape index (κ1) is 92.6. The Hall–Kier alpha value is -9.57. The number of likely N-dealkylation sites (N-methyl/N-ethyl adjacent to an activating group) is 2. The number of thiocarbonyl (C=S) groups is 1. The lowest BCUT2D eigenvalue weighted by molar-refractivity contribution is -0.148. The van der Waals surface area contributed by atoms with Crippen LogP contribution < -0.4 is 37.6 Å². The maximum atomic E-state index is 14.9. The van der Waals surface area contributed by atoms with Crippen LogP contribution in [-0.2, 0) is 73.5 Å². The van der Waals surface area contributed by atoms with Crippen molar-refractivity contribution in [2.75, 3.05) is 66.4 Å². The summed E-state index contributed by atoms with van der Waals surface area (Å²) in [7, 11) is 6.04. The summed E-state index contributed by atoms with van der Waals surface area (Å²) in [6.07, 6.45) is 0.0202. The summed E-state index contributed by atoms with van der Waals surface area (Å²) < 4.78 is 24.0. The van der Waals surface area contributed by atoms with Crippen molar-refractivity contribution < 1.29 is 81.6 Å². The molecule has 13 atom stereocenters. The number of hydrogen-bond donors (Lipinski definition) is 8. The van der Waals surface area contributed by atoms with Gasteiger partial charge >= 0.3 is 12.1 Å². The number of rotatable bonds is 43.